The minimum Gasteiger partial charge on any atom is -0.351 e. The Morgan fingerprint density at radius 1 is 1.36 bits per heavy atom. The van der Waals surface area contributed by atoms with Crippen LogP contribution in [0.1, 0.15) is 27.2 Å². The Hall–Kier alpha value is -0.420. The Labute approximate surface area is 86.4 Å². The van der Waals surface area contributed by atoms with Crippen LogP contribution in [0, 0.1) is 0 Å². The number of nitrogens with one attached hydrogen (secondary N) is 1. The Kier molecular flexibility index (Phi) is 7.70. The highest BCUT2D eigenvalue weighted by Crippen LogP contribution is 2.10. The van der Waals surface area contributed by atoms with E-state index in [1.807, 2.05) is 20.8 Å². The molecule has 0 amide bonds. The van der Waals surface area contributed by atoms with Crippen LogP contribution < -0.4 is 11.3 Å². The Morgan fingerprint density at radius 3 is 2.14 bits per heavy atom. The average molecular weight is 202 g/mol. The zero-order valence-corrected chi connectivity index (χ0v) is 9.38. The molecule has 1 unspecified atom stereocenters. The van der Waals surface area contributed by atoms with Crippen molar-refractivity contribution in [3.63, 3.8) is 0 Å². The van der Waals surface area contributed by atoms with Crippen molar-refractivity contribution in [2.45, 2.75) is 39.5 Å². The number of nitrogens with two attached hydrogens (primary N) is 1. The molecule has 0 heterocycles. The molecule has 0 aromatic rings. The molecule has 4 heteroatoms. The first-order valence-corrected chi connectivity index (χ1v) is 4.99. The van der Waals surface area contributed by atoms with Crippen molar-refractivity contribution >= 4 is 0 Å². The molecule has 0 spiro atoms. The van der Waals surface area contributed by atoms with Crippen LogP contribution in [0.15, 0.2) is 12.2 Å². The van der Waals surface area contributed by atoms with Crippen molar-refractivity contribution in [2.24, 2.45) is 5.84 Å². The second kappa shape index (κ2) is 7.94. The van der Waals surface area contributed by atoms with Gasteiger partial charge in [0.25, 0.3) is 0 Å². The van der Waals surface area contributed by atoms with Crippen molar-refractivity contribution in [2.75, 3.05) is 13.2 Å². The molecular weight excluding hydrogens is 180 g/mol. The average Bonchev–Trinajstić information content (AvgIpc) is 2.13. The van der Waals surface area contributed by atoms with Crippen LogP contribution in [0.3, 0.4) is 0 Å². The molecule has 4 nitrogen and oxygen atoms in total. The molecule has 0 aliphatic heterocycles. The van der Waals surface area contributed by atoms with Crippen LogP contribution in [0.25, 0.3) is 0 Å². The molecule has 84 valence electrons. The SMILES string of the molecule is C=C(C)CC(NN)C(OCC)OCC. The molecule has 0 aliphatic rings. The van der Waals surface area contributed by atoms with E-state index < -0.39 is 0 Å². The van der Waals surface area contributed by atoms with Crippen molar-refractivity contribution in [3.05, 3.63) is 12.2 Å². The largest absolute Gasteiger partial charge is 0.351 e. The monoisotopic (exact) mass is 202 g/mol. The Bertz CT molecular complexity index is 156. The van der Waals surface area contributed by atoms with Gasteiger partial charge in [-0.05, 0) is 27.2 Å². The maximum Gasteiger partial charge on any atom is 0.174 e. The van der Waals surface area contributed by atoms with Gasteiger partial charge in [0.05, 0.1) is 6.04 Å². The van der Waals surface area contributed by atoms with Gasteiger partial charge in [-0.25, -0.2) is 0 Å². The summed E-state index contributed by atoms with van der Waals surface area (Å²) in [6.07, 6.45) is 0.452. The number of hydrogen-bond donors (Lipinski definition) is 2. The third-order valence-corrected chi connectivity index (χ3v) is 1.77. The summed E-state index contributed by atoms with van der Waals surface area (Å²) in [6.45, 7) is 10.9. The molecule has 0 bridgehead atoms. The Balaban J connectivity index is 4.16. The predicted octanol–water partition coefficient (Wildman–Crippen LogP) is 1.18. The standard InChI is InChI=1S/C10H22N2O2/c1-5-13-10(14-6-2)9(12-11)7-8(3)4/h9-10,12H,3,5-7,11H2,1-2,4H3. The lowest BCUT2D eigenvalue weighted by molar-refractivity contribution is -0.153. The van der Waals surface area contributed by atoms with E-state index in [0.717, 1.165) is 12.0 Å². The van der Waals surface area contributed by atoms with Gasteiger partial charge in [-0.2, -0.15) is 0 Å². The van der Waals surface area contributed by atoms with E-state index in [9.17, 15) is 0 Å². The molecule has 3 N–H and O–H groups in total. The zero-order chi connectivity index (χ0) is 11.0. The summed E-state index contributed by atoms with van der Waals surface area (Å²) in [7, 11) is 0. The molecule has 0 aromatic carbocycles. The fourth-order valence-corrected chi connectivity index (χ4v) is 1.22. The number of hydrogen-bond acceptors (Lipinski definition) is 4. The van der Waals surface area contributed by atoms with Crippen LogP contribution in [-0.2, 0) is 9.47 Å². The van der Waals surface area contributed by atoms with Crippen LogP contribution in [-0.4, -0.2) is 25.5 Å². The highest BCUT2D eigenvalue weighted by atomic mass is 16.7. The fraction of sp³-hybridized carbons (Fsp3) is 0.800. The highest BCUT2D eigenvalue weighted by molar-refractivity contribution is 4.93. The van der Waals surface area contributed by atoms with E-state index in [1.165, 1.54) is 0 Å². The predicted molar refractivity (Wildman–Crippen MR) is 57.6 cm³/mol. The second-order valence-electron chi connectivity index (χ2n) is 3.21. The molecule has 1 atom stereocenters. The van der Waals surface area contributed by atoms with Gasteiger partial charge in [-0.1, -0.05) is 5.57 Å². The van der Waals surface area contributed by atoms with E-state index >= 15 is 0 Å². The topological polar surface area (TPSA) is 56.5 Å². The second-order valence-corrected chi connectivity index (χ2v) is 3.21. The lowest BCUT2D eigenvalue weighted by Crippen LogP contribution is -2.46. The van der Waals surface area contributed by atoms with Crippen LogP contribution >= 0.6 is 0 Å². The van der Waals surface area contributed by atoms with Gasteiger partial charge < -0.3 is 9.47 Å². The minimum atomic E-state index is -0.299. The third kappa shape index (κ3) is 5.34. The van der Waals surface area contributed by atoms with Crippen molar-refractivity contribution in [1.82, 2.24) is 5.43 Å². The minimum absolute atomic E-state index is 0.0348. The fourth-order valence-electron chi connectivity index (χ4n) is 1.22. The molecular formula is C10H22N2O2. The maximum absolute atomic E-state index is 5.43. The summed E-state index contributed by atoms with van der Waals surface area (Å²) in [4.78, 5) is 0. The smallest absolute Gasteiger partial charge is 0.174 e. The normalized spacial score (nSPS) is 13.2. The summed E-state index contributed by atoms with van der Waals surface area (Å²) >= 11 is 0. The first-order chi connectivity index (χ1) is 6.65. The zero-order valence-electron chi connectivity index (χ0n) is 9.38. The lowest BCUT2D eigenvalue weighted by atomic mass is 10.1. The van der Waals surface area contributed by atoms with Gasteiger partial charge in [0, 0.05) is 13.2 Å². The number of ether oxygens (including phenoxy) is 2. The first kappa shape index (κ1) is 13.6. The van der Waals surface area contributed by atoms with Gasteiger partial charge in [-0.15, -0.1) is 6.58 Å². The van der Waals surface area contributed by atoms with Crippen molar-refractivity contribution < 1.29 is 9.47 Å². The van der Waals surface area contributed by atoms with Crippen LogP contribution in [0.2, 0.25) is 0 Å². The molecule has 0 aromatic heterocycles. The first-order valence-electron chi connectivity index (χ1n) is 4.99. The molecule has 14 heavy (non-hydrogen) atoms. The Morgan fingerprint density at radius 2 is 1.86 bits per heavy atom. The summed E-state index contributed by atoms with van der Waals surface area (Å²) in [6, 6.07) is -0.0348. The summed E-state index contributed by atoms with van der Waals surface area (Å²) < 4.78 is 10.9. The quantitative estimate of drug-likeness (QED) is 0.269. The van der Waals surface area contributed by atoms with E-state index in [0.29, 0.717) is 13.2 Å². The highest BCUT2D eigenvalue weighted by Gasteiger charge is 2.20. The molecule has 0 fully saturated rings. The third-order valence-electron chi connectivity index (χ3n) is 1.77. The summed E-state index contributed by atoms with van der Waals surface area (Å²) in [5, 5.41) is 0. The molecule has 0 rings (SSSR count). The summed E-state index contributed by atoms with van der Waals surface area (Å²) in [5.41, 5.74) is 3.75. The van der Waals surface area contributed by atoms with Crippen LogP contribution in [0.5, 0.6) is 0 Å². The van der Waals surface area contributed by atoms with Gasteiger partial charge in [0.15, 0.2) is 6.29 Å². The number of hydrazine groups is 1. The van der Waals surface area contributed by atoms with E-state index in [-0.39, 0.29) is 12.3 Å². The van der Waals surface area contributed by atoms with E-state index in [1.54, 1.807) is 0 Å². The lowest BCUT2D eigenvalue weighted by Gasteiger charge is -2.26. The van der Waals surface area contributed by atoms with Gasteiger partial charge in [0.1, 0.15) is 0 Å². The van der Waals surface area contributed by atoms with Gasteiger partial charge >= 0.3 is 0 Å². The van der Waals surface area contributed by atoms with Crippen LogP contribution in [0.4, 0.5) is 0 Å². The molecule has 0 aliphatic carbocycles. The van der Waals surface area contributed by atoms with Crippen molar-refractivity contribution in [1.29, 1.82) is 0 Å². The number of rotatable bonds is 8. The van der Waals surface area contributed by atoms with Gasteiger partial charge in [0.2, 0.25) is 0 Å². The van der Waals surface area contributed by atoms with Crippen molar-refractivity contribution in [3.8, 4) is 0 Å². The summed E-state index contributed by atoms with van der Waals surface area (Å²) in [5.74, 6) is 5.43. The van der Waals surface area contributed by atoms with Gasteiger partial charge in [-0.3, -0.25) is 11.3 Å². The molecule has 0 saturated carbocycles. The van der Waals surface area contributed by atoms with E-state index in [4.69, 9.17) is 15.3 Å². The molecule has 0 radical (unpaired) electrons. The van der Waals surface area contributed by atoms with E-state index in [2.05, 4.69) is 12.0 Å². The molecule has 0 saturated heterocycles. The maximum atomic E-state index is 5.43.